The van der Waals surface area contributed by atoms with Gasteiger partial charge in [0.05, 0.1) is 4.90 Å². The molecule has 0 unspecified atom stereocenters. The molecule has 0 aliphatic carbocycles. The number of hydrogen-bond acceptors (Lipinski definition) is 3. The minimum absolute atomic E-state index is 0.145. The molecule has 1 amide bonds. The number of amides is 1. The molecule has 5 nitrogen and oxygen atoms in total. The molecule has 2 aromatic carbocycles. The fourth-order valence-electron chi connectivity index (χ4n) is 2.26. The molecule has 0 radical (unpaired) electrons. The van der Waals surface area contributed by atoms with Gasteiger partial charge in [-0.15, -0.1) is 0 Å². The molecule has 2 rings (SSSR count). The number of carbonyl (C=O) groups is 1. The maximum Gasteiger partial charge on any atom is 0.261 e. The van der Waals surface area contributed by atoms with E-state index < -0.39 is 10.0 Å². The van der Waals surface area contributed by atoms with E-state index in [1.807, 2.05) is 12.1 Å². The highest BCUT2D eigenvalue weighted by atomic mass is 32.2. The maximum absolute atomic E-state index is 12.4. The van der Waals surface area contributed by atoms with Crippen LogP contribution in [0.2, 0.25) is 0 Å². The Balaban J connectivity index is 2.08. The molecule has 128 valence electrons. The molecule has 0 spiro atoms. The summed E-state index contributed by atoms with van der Waals surface area (Å²) < 4.78 is 27.4. The van der Waals surface area contributed by atoms with Gasteiger partial charge in [-0.3, -0.25) is 9.52 Å². The van der Waals surface area contributed by atoms with Crippen molar-refractivity contribution in [3.63, 3.8) is 0 Å². The number of nitrogens with one attached hydrogen (secondary N) is 2. The van der Waals surface area contributed by atoms with Gasteiger partial charge in [-0.2, -0.15) is 0 Å². The summed E-state index contributed by atoms with van der Waals surface area (Å²) in [4.78, 5) is 11.1. The van der Waals surface area contributed by atoms with Crippen molar-refractivity contribution in [2.24, 2.45) is 0 Å². The molecule has 0 aliphatic rings. The molecule has 0 fully saturated rings. The van der Waals surface area contributed by atoms with Crippen LogP contribution in [0.4, 0.5) is 11.4 Å². The molecule has 0 heterocycles. The summed E-state index contributed by atoms with van der Waals surface area (Å²) in [5.41, 5.74) is 2.28. The molecule has 6 heteroatoms. The molecule has 0 saturated carbocycles. The third kappa shape index (κ3) is 5.09. The van der Waals surface area contributed by atoms with Crippen LogP contribution in [0, 0.1) is 0 Å². The number of carbonyl (C=O) groups excluding carboxylic acids is 1. The van der Waals surface area contributed by atoms with E-state index in [1.54, 1.807) is 24.3 Å². The number of hydrogen-bond donors (Lipinski definition) is 2. The first-order chi connectivity index (χ1) is 11.4. The maximum atomic E-state index is 12.4. The van der Waals surface area contributed by atoms with E-state index in [-0.39, 0.29) is 10.8 Å². The fraction of sp³-hybridized carbons (Fsp3) is 0.278. The normalized spacial score (nSPS) is 11.1. The van der Waals surface area contributed by atoms with Gasteiger partial charge in [0.25, 0.3) is 10.0 Å². The Morgan fingerprint density at radius 1 is 0.958 bits per heavy atom. The van der Waals surface area contributed by atoms with E-state index in [9.17, 15) is 13.2 Å². The fourth-order valence-corrected chi connectivity index (χ4v) is 3.31. The number of unbranched alkanes of at least 4 members (excludes halogenated alkanes) is 1. The van der Waals surface area contributed by atoms with E-state index in [2.05, 4.69) is 17.0 Å². The van der Waals surface area contributed by atoms with Crippen molar-refractivity contribution in [1.29, 1.82) is 0 Å². The molecule has 24 heavy (non-hydrogen) atoms. The minimum atomic E-state index is -3.65. The highest BCUT2D eigenvalue weighted by Gasteiger charge is 2.14. The predicted octanol–water partition coefficient (Wildman–Crippen LogP) is 3.79. The number of anilines is 2. The Morgan fingerprint density at radius 2 is 1.54 bits per heavy atom. The van der Waals surface area contributed by atoms with Gasteiger partial charge in [-0.25, -0.2) is 8.42 Å². The SMILES string of the molecule is CCCCc1ccc(NS(=O)(=O)c2ccc(NC(C)=O)cc2)cc1. The van der Waals surface area contributed by atoms with Gasteiger partial charge in [0.1, 0.15) is 0 Å². The molecule has 0 aliphatic heterocycles. The summed E-state index contributed by atoms with van der Waals surface area (Å²) in [5.74, 6) is -0.202. The van der Waals surface area contributed by atoms with Crippen LogP contribution >= 0.6 is 0 Å². The first kappa shape index (κ1) is 18.0. The minimum Gasteiger partial charge on any atom is -0.326 e. The van der Waals surface area contributed by atoms with Crippen LogP contribution in [0.15, 0.2) is 53.4 Å². The van der Waals surface area contributed by atoms with Crippen molar-refractivity contribution < 1.29 is 13.2 Å². The predicted molar refractivity (Wildman–Crippen MR) is 96.6 cm³/mol. The second-order valence-corrected chi connectivity index (χ2v) is 7.29. The molecular weight excluding hydrogens is 324 g/mol. The Morgan fingerprint density at radius 3 is 2.08 bits per heavy atom. The van der Waals surface area contributed by atoms with Crippen molar-refractivity contribution in [3.05, 3.63) is 54.1 Å². The summed E-state index contributed by atoms with van der Waals surface area (Å²) in [5, 5.41) is 2.60. The zero-order valence-corrected chi connectivity index (χ0v) is 14.7. The van der Waals surface area contributed by atoms with Crippen LogP contribution in [0.25, 0.3) is 0 Å². The van der Waals surface area contributed by atoms with Crippen molar-refractivity contribution in [3.8, 4) is 0 Å². The number of sulfonamides is 1. The molecule has 2 aromatic rings. The van der Waals surface area contributed by atoms with E-state index >= 15 is 0 Å². The highest BCUT2D eigenvalue weighted by molar-refractivity contribution is 7.92. The molecule has 0 atom stereocenters. The lowest BCUT2D eigenvalue weighted by atomic mass is 10.1. The second kappa shape index (κ2) is 7.97. The van der Waals surface area contributed by atoms with Crippen LogP contribution in [0.5, 0.6) is 0 Å². The van der Waals surface area contributed by atoms with Gasteiger partial charge in [0, 0.05) is 18.3 Å². The van der Waals surface area contributed by atoms with Gasteiger partial charge in [-0.1, -0.05) is 25.5 Å². The lowest BCUT2D eigenvalue weighted by Crippen LogP contribution is -2.13. The van der Waals surface area contributed by atoms with Crippen LogP contribution in [0.3, 0.4) is 0 Å². The third-order valence-corrected chi connectivity index (χ3v) is 4.91. The van der Waals surface area contributed by atoms with Crippen molar-refractivity contribution in [1.82, 2.24) is 0 Å². The summed E-state index contributed by atoms with van der Waals surface area (Å²) in [6, 6.07) is 13.5. The zero-order valence-electron chi connectivity index (χ0n) is 13.9. The average molecular weight is 346 g/mol. The average Bonchev–Trinajstić information content (AvgIpc) is 2.54. The van der Waals surface area contributed by atoms with Crippen molar-refractivity contribution >= 4 is 27.3 Å². The standard InChI is InChI=1S/C18H22N2O3S/c1-3-4-5-15-6-8-17(9-7-15)20-24(22,23)18-12-10-16(11-13-18)19-14(2)21/h6-13,20H,3-5H2,1-2H3,(H,19,21). The van der Waals surface area contributed by atoms with Crippen LogP contribution in [0.1, 0.15) is 32.3 Å². The highest BCUT2D eigenvalue weighted by Crippen LogP contribution is 2.19. The first-order valence-corrected chi connectivity index (χ1v) is 9.38. The summed E-state index contributed by atoms with van der Waals surface area (Å²) >= 11 is 0. The zero-order chi connectivity index (χ0) is 17.6. The molecule has 0 aromatic heterocycles. The van der Waals surface area contributed by atoms with Crippen LogP contribution in [-0.4, -0.2) is 14.3 Å². The Bertz CT molecular complexity index is 782. The Labute approximate surface area is 143 Å². The number of aryl methyl sites for hydroxylation is 1. The van der Waals surface area contributed by atoms with E-state index in [4.69, 9.17) is 0 Å². The van der Waals surface area contributed by atoms with Gasteiger partial charge < -0.3 is 5.32 Å². The third-order valence-electron chi connectivity index (χ3n) is 3.51. The summed E-state index contributed by atoms with van der Waals surface area (Å²) in [7, 11) is -3.65. The summed E-state index contributed by atoms with van der Waals surface area (Å²) in [6.45, 7) is 3.54. The largest absolute Gasteiger partial charge is 0.326 e. The van der Waals surface area contributed by atoms with Crippen molar-refractivity contribution in [2.75, 3.05) is 10.0 Å². The lowest BCUT2D eigenvalue weighted by Gasteiger charge is -2.10. The van der Waals surface area contributed by atoms with Crippen LogP contribution in [-0.2, 0) is 21.2 Å². The monoisotopic (exact) mass is 346 g/mol. The van der Waals surface area contributed by atoms with Gasteiger partial charge in [-0.05, 0) is 54.8 Å². The second-order valence-electron chi connectivity index (χ2n) is 5.61. The molecule has 0 saturated heterocycles. The Kier molecular flexibility index (Phi) is 5.98. The number of benzene rings is 2. The van der Waals surface area contributed by atoms with Gasteiger partial charge in [0.15, 0.2) is 0 Å². The lowest BCUT2D eigenvalue weighted by molar-refractivity contribution is -0.114. The van der Waals surface area contributed by atoms with Gasteiger partial charge in [0.2, 0.25) is 5.91 Å². The summed E-state index contributed by atoms with van der Waals surface area (Å²) in [6.07, 6.45) is 3.24. The van der Waals surface area contributed by atoms with Crippen LogP contribution < -0.4 is 10.0 Å². The van der Waals surface area contributed by atoms with Gasteiger partial charge >= 0.3 is 0 Å². The topological polar surface area (TPSA) is 75.3 Å². The van der Waals surface area contributed by atoms with E-state index in [0.717, 1.165) is 19.3 Å². The van der Waals surface area contributed by atoms with E-state index in [0.29, 0.717) is 11.4 Å². The smallest absolute Gasteiger partial charge is 0.261 e. The quantitative estimate of drug-likeness (QED) is 0.801. The first-order valence-electron chi connectivity index (χ1n) is 7.90. The number of rotatable bonds is 7. The van der Waals surface area contributed by atoms with Crippen molar-refractivity contribution in [2.45, 2.75) is 38.0 Å². The Hall–Kier alpha value is -2.34. The van der Waals surface area contributed by atoms with E-state index in [1.165, 1.54) is 24.6 Å². The molecular formula is C18H22N2O3S. The molecule has 2 N–H and O–H groups in total. The molecule has 0 bridgehead atoms.